The second-order valence-electron chi connectivity index (χ2n) is 7.37. The largest absolute Gasteiger partial charge is 0.381 e. The monoisotopic (exact) mass is 389 g/mol. The van der Waals surface area contributed by atoms with Crippen LogP contribution in [0.3, 0.4) is 0 Å². The van der Waals surface area contributed by atoms with E-state index >= 15 is 0 Å². The van der Waals surface area contributed by atoms with E-state index in [1.54, 1.807) is 5.38 Å². The quantitative estimate of drug-likeness (QED) is 0.164. The van der Waals surface area contributed by atoms with E-state index in [1.807, 2.05) is 0 Å². The predicted octanol–water partition coefficient (Wildman–Crippen LogP) is 1.59. The van der Waals surface area contributed by atoms with E-state index in [9.17, 15) is 14.7 Å². The zero-order valence-electron chi connectivity index (χ0n) is 15.4. The topological polar surface area (TPSA) is 115 Å². The number of nitrogens with two attached hydrogens (primary N) is 1. The Morgan fingerprint density at radius 3 is 2.56 bits per heavy atom. The zero-order chi connectivity index (χ0) is 19.3. The second kappa shape index (κ2) is 8.97. The highest BCUT2D eigenvalue weighted by molar-refractivity contribution is 7.11. The lowest BCUT2D eigenvalue weighted by Crippen LogP contribution is -2.51. The Balaban J connectivity index is 2.43. The van der Waals surface area contributed by atoms with Gasteiger partial charge in [0.1, 0.15) is 12.4 Å². The minimum atomic E-state index is -1.74. The molecule has 0 aromatic carbocycles. The summed E-state index contributed by atoms with van der Waals surface area (Å²) in [5, 5.41) is 11.7. The summed E-state index contributed by atoms with van der Waals surface area (Å²) in [5.74, 6) is 3.80. The molecule has 0 saturated heterocycles. The van der Waals surface area contributed by atoms with Crippen LogP contribution in [-0.2, 0) is 20.9 Å². The molecule has 0 fully saturated rings. The van der Waals surface area contributed by atoms with Crippen LogP contribution in [0, 0.1) is 0 Å². The van der Waals surface area contributed by atoms with Crippen molar-refractivity contribution < 1.29 is 24.2 Å². The predicted molar refractivity (Wildman–Crippen MR) is 97.5 cm³/mol. The molecule has 1 rings (SSSR count). The normalized spacial score (nSPS) is 12.3. The molecule has 1 aromatic rings. The number of ether oxygens (including phenoxy) is 2. The first-order chi connectivity index (χ1) is 11.4. The van der Waals surface area contributed by atoms with Crippen molar-refractivity contribution in [3.8, 4) is 0 Å². The Hall–Kier alpha value is -1.17. The van der Waals surface area contributed by atoms with Crippen LogP contribution in [0.15, 0.2) is 5.38 Å². The molecule has 3 N–H and O–H groups in total. The molecule has 0 atom stereocenters. The number of thiazole rings is 1. The smallest absolute Gasteiger partial charge is 0.303 e. The molecule has 0 saturated carbocycles. The highest BCUT2D eigenvalue weighted by atomic mass is 32.1. The molecule has 0 aliphatic carbocycles. The fourth-order valence-electron chi connectivity index (χ4n) is 1.60. The standard InChI is InChI=1S/C15H27N3O5SSi/c1-15(2,21)14(20)18(16)13(19)12-17-11(9-24-12)8-23-10-22-6-7-25(3,4)5/h9,21H,6-8,10,16H2,1-5H3. The van der Waals surface area contributed by atoms with Crippen LogP contribution in [0.2, 0.25) is 25.7 Å². The number of carbonyl (C=O) groups excluding carboxylic acids is 2. The lowest BCUT2D eigenvalue weighted by atomic mass is 10.1. The first-order valence-corrected chi connectivity index (χ1v) is 12.5. The van der Waals surface area contributed by atoms with E-state index in [0.717, 1.165) is 17.4 Å². The first kappa shape index (κ1) is 21.9. The average Bonchev–Trinajstić information content (AvgIpc) is 2.95. The Morgan fingerprint density at radius 1 is 1.36 bits per heavy atom. The number of amides is 2. The minimum absolute atomic E-state index is 0.0540. The van der Waals surface area contributed by atoms with Gasteiger partial charge in [0.25, 0.3) is 5.91 Å². The van der Waals surface area contributed by atoms with Crippen molar-refractivity contribution in [1.29, 1.82) is 0 Å². The summed E-state index contributed by atoms with van der Waals surface area (Å²) >= 11 is 1.05. The van der Waals surface area contributed by atoms with Gasteiger partial charge in [-0.05, 0) is 19.9 Å². The fraction of sp³-hybridized carbons (Fsp3) is 0.667. The number of aromatic nitrogens is 1. The van der Waals surface area contributed by atoms with Gasteiger partial charge in [-0.3, -0.25) is 9.59 Å². The molecule has 2 amide bonds. The van der Waals surface area contributed by atoms with Crippen LogP contribution in [-0.4, -0.2) is 54.0 Å². The maximum Gasteiger partial charge on any atom is 0.303 e. The van der Waals surface area contributed by atoms with Crippen molar-refractivity contribution in [2.75, 3.05) is 13.4 Å². The van der Waals surface area contributed by atoms with Crippen molar-refractivity contribution in [2.24, 2.45) is 5.84 Å². The number of imide groups is 1. The Kier molecular flexibility index (Phi) is 7.84. The van der Waals surface area contributed by atoms with E-state index in [1.165, 1.54) is 13.8 Å². The number of aliphatic hydroxyl groups is 1. The second-order valence-corrected chi connectivity index (χ2v) is 13.8. The highest BCUT2D eigenvalue weighted by Gasteiger charge is 2.33. The van der Waals surface area contributed by atoms with Crippen molar-refractivity contribution >= 4 is 31.2 Å². The molecular formula is C15H27N3O5SSi. The molecule has 0 radical (unpaired) electrons. The number of rotatable bonds is 9. The van der Waals surface area contributed by atoms with E-state index in [0.29, 0.717) is 17.3 Å². The van der Waals surface area contributed by atoms with Gasteiger partial charge in [0.15, 0.2) is 5.01 Å². The maximum atomic E-state index is 12.1. The van der Waals surface area contributed by atoms with E-state index in [2.05, 4.69) is 24.6 Å². The molecule has 0 spiro atoms. The molecule has 142 valence electrons. The van der Waals surface area contributed by atoms with Gasteiger partial charge in [-0.15, -0.1) is 11.3 Å². The summed E-state index contributed by atoms with van der Waals surface area (Å²) in [6.07, 6.45) is 0. The van der Waals surface area contributed by atoms with Gasteiger partial charge in [-0.25, -0.2) is 15.8 Å². The van der Waals surface area contributed by atoms with Crippen LogP contribution in [0.4, 0.5) is 0 Å². The Morgan fingerprint density at radius 2 is 2.00 bits per heavy atom. The summed E-state index contributed by atoms with van der Waals surface area (Å²) in [5.41, 5.74) is -1.19. The molecule has 0 aliphatic rings. The van der Waals surface area contributed by atoms with E-state index in [4.69, 9.17) is 15.3 Å². The summed E-state index contributed by atoms with van der Waals surface area (Å²) in [6, 6.07) is 1.06. The summed E-state index contributed by atoms with van der Waals surface area (Å²) in [7, 11) is -1.11. The third-order valence-electron chi connectivity index (χ3n) is 3.11. The van der Waals surface area contributed by atoms with Crippen LogP contribution < -0.4 is 5.84 Å². The molecule has 0 bridgehead atoms. The number of nitrogens with zero attached hydrogens (tertiary/aromatic N) is 2. The average molecular weight is 390 g/mol. The highest BCUT2D eigenvalue weighted by Crippen LogP contribution is 2.14. The van der Waals surface area contributed by atoms with Crippen molar-refractivity contribution in [2.45, 2.75) is 51.7 Å². The van der Waals surface area contributed by atoms with Gasteiger partial charge < -0.3 is 14.6 Å². The Bertz CT molecular complexity index is 595. The van der Waals surface area contributed by atoms with Crippen molar-refractivity contribution in [3.05, 3.63) is 16.1 Å². The third-order valence-corrected chi connectivity index (χ3v) is 5.69. The van der Waals surface area contributed by atoms with Crippen molar-refractivity contribution in [3.63, 3.8) is 0 Å². The van der Waals surface area contributed by atoms with Gasteiger partial charge >= 0.3 is 5.91 Å². The molecule has 10 heteroatoms. The lowest BCUT2D eigenvalue weighted by molar-refractivity contribution is -0.145. The van der Waals surface area contributed by atoms with Gasteiger partial charge in [0.05, 0.1) is 12.3 Å². The van der Waals surface area contributed by atoms with Crippen LogP contribution in [0.5, 0.6) is 0 Å². The zero-order valence-corrected chi connectivity index (χ0v) is 17.2. The number of hydrogen-bond acceptors (Lipinski definition) is 8. The van der Waals surface area contributed by atoms with Gasteiger partial charge in [-0.1, -0.05) is 19.6 Å². The summed E-state index contributed by atoms with van der Waals surface area (Å²) < 4.78 is 10.8. The van der Waals surface area contributed by atoms with Gasteiger partial charge in [0, 0.05) is 20.1 Å². The van der Waals surface area contributed by atoms with Gasteiger partial charge in [0.2, 0.25) is 0 Å². The molecule has 25 heavy (non-hydrogen) atoms. The number of hydrazine groups is 1. The summed E-state index contributed by atoms with van der Waals surface area (Å²) in [4.78, 5) is 28.0. The lowest BCUT2D eigenvalue weighted by Gasteiger charge is -2.21. The van der Waals surface area contributed by atoms with E-state index < -0.39 is 25.5 Å². The number of hydrogen-bond donors (Lipinski definition) is 2. The molecule has 1 heterocycles. The van der Waals surface area contributed by atoms with Crippen LogP contribution in [0.1, 0.15) is 29.3 Å². The van der Waals surface area contributed by atoms with Crippen LogP contribution >= 0.6 is 11.3 Å². The molecular weight excluding hydrogens is 362 g/mol. The number of carbonyl (C=O) groups is 2. The molecule has 8 nitrogen and oxygen atoms in total. The van der Waals surface area contributed by atoms with Gasteiger partial charge in [-0.2, -0.15) is 0 Å². The molecule has 1 aromatic heterocycles. The first-order valence-electron chi connectivity index (χ1n) is 7.87. The Labute approximate surface area is 152 Å². The maximum absolute atomic E-state index is 12.1. The third kappa shape index (κ3) is 7.71. The summed E-state index contributed by atoms with van der Waals surface area (Å²) in [6.45, 7) is 10.3. The van der Waals surface area contributed by atoms with E-state index in [-0.39, 0.29) is 18.4 Å². The fourth-order valence-corrected chi connectivity index (χ4v) is 3.10. The SMILES string of the molecule is CC(C)(O)C(=O)N(N)C(=O)c1nc(COCOCC[Si](C)(C)C)cs1. The molecule has 0 aliphatic heterocycles. The molecule has 0 unspecified atom stereocenters. The van der Waals surface area contributed by atoms with Crippen LogP contribution in [0.25, 0.3) is 0 Å². The van der Waals surface area contributed by atoms with Crippen molar-refractivity contribution in [1.82, 2.24) is 9.99 Å². The minimum Gasteiger partial charge on any atom is -0.381 e.